The standard InChI is InChI=1S/C15H15N3O/c1-10-13(6-7-19-10)15(18-16)12-8-11-4-2-3-5-14(11)17-9-12/h2-9,15,18H,16H2,1H3. The molecular formula is C15H15N3O. The summed E-state index contributed by atoms with van der Waals surface area (Å²) in [4.78, 5) is 4.46. The fourth-order valence-electron chi connectivity index (χ4n) is 2.31. The van der Waals surface area contributed by atoms with Gasteiger partial charge in [0.25, 0.3) is 0 Å². The third-order valence-electron chi connectivity index (χ3n) is 3.32. The Hall–Kier alpha value is -2.17. The average molecular weight is 253 g/mol. The highest BCUT2D eigenvalue weighted by Gasteiger charge is 2.17. The van der Waals surface area contributed by atoms with Crippen LogP contribution in [0.15, 0.2) is 53.3 Å². The number of hydrazine groups is 1. The smallest absolute Gasteiger partial charge is 0.105 e. The summed E-state index contributed by atoms with van der Waals surface area (Å²) in [7, 11) is 0. The van der Waals surface area contributed by atoms with Crippen LogP contribution in [-0.4, -0.2) is 4.98 Å². The highest BCUT2D eigenvalue weighted by atomic mass is 16.3. The fourth-order valence-corrected chi connectivity index (χ4v) is 2.31. The number of hydrogen-bond acceptors (Lipinski definition) is 4. The van der Waals surface area contributed by atoms with Gasteiger partial charge in [-0.2, -0.15) is 0 Å². The molecule has 3 N–H and O–H groups in total. The lowest BCUT2D eigenvalue weighted by Crippen LogP contribution is -2.29. The van der Waals surface area contributed by atoms with Crippen molar-refractivity contribution in [3.8, 4) is 0 Å². The van der Waals surface area contributed by atoms with Gasteiger partial charge in [0.1, 0.15) is 5.76 Å². The number of nitrogens with one attached hydrogen (secondary N) is 1. The summed E-state index contributed by atoms with van der Waals surface area (Å²) in [6, 6.07) is 11.9. The minimum absolute atomic E-state index is 0.115. The van der Waals surface area contributed by atoms with Crippen molar-refractivity contribution in [3.05, 3.63) is 65.7 Å². The number of furan rings is 1. The average Bonchev–Trinajstić information content (AvgIpc) is 2.86. The van der Waals surface area contributed by atoms with Gasteiger partial charge < -0.3 is 4.42 Å². The number of fused-ring (bicyclic) bond motifs is 1. The van der Waals surface area contributed by atoms with Crippen LogP contribution in [0.3, 0.4) is 0 Å². The first-order valence-electron chi connectivity index (χ1n) is 6.14. The van der Waals surface area contributed by atoms with Crippen LogP contribution >= 0.6 is 0 Å². The maximum atomic E-state index is 5.69. The summed E-state index contributed by atoms with van der Waals surface area (Å²) in [5.41, 5.74) is 5.85. The Morgan fingerprint density at radius 1 is 1.26 bits per heavy atom. The third-order valence-corrected chi connectivity index (χ3v) is 3.32. The van der Waals surface area contributed by atoms with Gasteiger partial charge in [-0.3, -0.25) is 10.8 Å². The molecule has 19 heavy (non-hydrogen) atoms. The van der Waals surface area contributed by atoms with E-state index >= 15 is 0 Å². The van der Waals surface area contributed by atoms with E-state index in [0.29, 0.717) is 0 Å². The van der Waals surface area contributed by atoms with E-state index in [2.05, 4.69) is 16.5 Å². The molecule has 0 fully saturated rings. The lowest BCUT2D eigenvalue weighted by molar-refractivity contribution is 0.520. The Kier molecular flexibility index (Phi) is 3.03. The van der Waals surface area contributed by atoms with Crippen LogP contribution in [0.5, 0.6) is 0 Å². The number of benzene rings is 1. The van der Waals surface area contributed by atoms with Crippen molar-refractivity contribution in [1.82, 2.24) is 10.4 Å². The number of nitrogens with two attached hydrogens (primary N) is 1. The van der Waals surface area contributed by atoms with E-state index in [-0.39, 0.29) is 6.04 Å². The Bertz CT molecular complexity index is 705. The van der Waals surface area contributed by atoms with E-state index < -0.39 is 0 Å². The molecule has 0 saturated carbocycles. The number of rotatable bonds is 3. The van der Waals surface area contributed by atoms with E-state index in [1.54, 1.807) is 6.26 Å². The number of aryl methyl sites for hydroxylation is 1. The van der Waals surface area contributed by atoms with Crippen molar-refractivity contribution in [3.63, 3.8) is 0 Å². The first-order chi connectivity index (χ1) is 9.29. The molecule has 3 rings (SSSR count). The lowest BCUT2D eigenvalue weighted by Gasteiger charge is -2.16. The molecule has 0 bridgehead atoms. The van der Waals surface area contributed by atoms with E-state index in [4.69, 9.17) is 10.3 Å². The summed E-state index contributed by atoms with van der Waals surface area (Å²) in [5, 5.41) is 1.10. The number of para-hydroxylation sites is 1. The zero-order valence-electron chi connectivity index (χ0n) is 10.6. The van der Waals surface area contributed by atoms with Gasteiger partial charge in [-0.15, -0.1) is 0 Å². The Morgan fingerprint density at radius 2 is 2.11 bits per heavy atom. The van der Waals surface area contributed by atoms with Crippen molar-refractivity contribution in [2.24, 2.45) is 5.84 Å². The summed E-state index contributed by atoms with van der Waals surface area (Å²) < 4.78 is 5.34. The molecule has 0 aliphatic carbocycles. The third kappa shape index (κ3) is 2.12. The molecule has 1 atom stereocenters. The Labute approximate surface area is 111 Å². The van der Waals surface area contributed by atoms with Crippen LogP contribution in [0, 0.1) is 6.92 Å². The molecule has 2 aromatic heterocycles. The van der Waals surface area contributed by atoms with Crippen LogP contribution in [0.25, 0.3) is 10.9 Å². The van der Waals surface area contributed by atoms with Crippen LogP contribution in [-0.2, 0) is 0 Å². The first kappa shape index (κ1) is 11.9. The van der Waals surface area contributed by atoms with Gasteiger partial charge in [0, 0.05) is 17.1 Å². The molecule has 0 aliphatic rings. The molecule has 1 unspecified atom stereocenters. The van der Waals surface area contributed by atoms with E-state index in [9.17, 15) is 0 Å². The Morgan fingerprint density at radius 3 is 2.84 bits per heavy atom. The first-order valence-corrected chi connectivity index (χ1v) is 6.14. The van der Waals surface area contributed by atoms with Gasteiger partial charge >= 0.3 is 0 Å². The number of aromatic nitrogens is 1. The number of hydrogen-bond donors (Lipinski definition) is 2. The van der Waals surface area contributed by atoms with Crippen LogP contribution in [0.1, 0.15) is 22.9 Å². The van der Waals surface area contributed by atoms with Gasteiger partial charge in [0.05, 0.1) is 17.8 Å². The van der Waals surface area contributed by atoms with Crippen molar-refractivity contribution >= 4 is 10.9 Å². The molecule has 4 heteroatoms. The molecule has 0 radical (unpaired) electrons. The van der Waals surface area contributed by atoms with Gasteiger partial charge in [0.15, 0.2) is 0 Å². The van der Waals surface area contributed by atoms with Crippen molar-refractivity contribution in [1.29, 1.82) is 0 Å². The summed E-state index contributed by atoms with van der Waals surface area (Å²) in [6.07, 6.45) is 3.52. The van der Waals surface area contributed by atoms with Crippen LogP contribution in [0.4, 0.5) is 0 Å². The quantitative estimate of drug-likeness (QED) is 0.556. The van der Waals surface area contributed by atoms with Crippen LogP contribution < -0.4 is 11.3 Å². The lowest BCUT2D eigenvalue weighted by atomic mass is 10.00. The predicted octanol–water partition coefficient (Wildman–Crippen LogP) is 2.69. The maximum Gasteiger partial charge on any atom is 0.105 e. The molecule has 0 amide bonds. The second-order valence-electron chi connectivity index (χ2n) is 4.49. The topological polar surface area (TPSA) is 64.1 Å². The zero-order valence-corrected chi connectivity index (χ0v) is 10.6. The van der Waals surface area contributed by atoms with Crippen molar-refractivity contribution in [2.45, 2.75) is 13.0 Å². The maximum absolute atomic E-state index is 5.69. The van der Waals surface area contributed by atoms with E-state index in [1.165, 1.54) is 0 Å². The molecule has 0 aliphatic heterocycles. The summed E-state index contributed by atoms with van der Waals surface area (Å²) in [5.74, 6) is 6.55. The molecule has 1 aromatic carbocycles. The predicted molar refractivity (Wildman–Crippen MR) is 74.4 cm³/mol. The van der Waals surface area contributed by atoms with Gasteiger partial charge in [-0.1, -0.05) is 18.2 Å². The second-order valence-corrected chi connectivity index (χ2v) is 4.49. The van der Waals surface area contributed by atoms with Crippen molar-refractivity contribution < 1.29 is 4.42 Å². The minimum Gasteiger partial charge on any atom is -0.469 e. The monoisotopic (exact) mass is 253 g/mol. The highest BCUT2D eigenvalue weighted by molar-refractivity contribution is 5.79. The molecule has 2 heterocycles. The Balaban J connectivity index is 2.09. The summed E-state index contributed by atoms with van der Waals surface area (Å²) in [6.45, 7) is 1.92. The van der Waals surface area contributed by atoms with Gasteiger partial charge in [-0.25, -0.2) is 5.43 Å². The molecule has 3 aromatic rings. The second kappa shape index (κ2) is 4.84. The number of nitrogens with zero attached hydrogens (tertiary/aromatic N) is 1. The van der Waals surface area contributed by atoms with E-state index in [0.717, 1.165) is 27.8 Å². The van der Waals surface area contributed by atoms with E-state index in [1.807, 2.05) is 43.5 Å². The molecule has 96 valence electrons. The van der Waals surface area contributed by atoms with Gasteiger partial charge in [-0.05, 0) is 30.7 Å². The SMILES string of the molecule is Cc1occc1C(NN)c1cnc2ccccc2c1. The van der Waals surface area contributed by atoms with Crippen LogP contribution in [0.2, 0.25) is 0 Å². The van der Waals surface area contributed by atoms with Crippen molar-refractivity contribution in [2.75, 3.05) is 0 Å². The fraction of sp³-hybridized carbons (Fsp3) is 0.133. The minimum atomic E-state index is -0.115. The zero-order chi connectivity index (χ0) is 13.2. The highest BCUT2D eigenvalue weighted by Crippen LogP contribution is 2.26. The molecule has 0 spiro atoms. The van der Waals surface area contributed by atoms with Gasteiger partial charge in [0.2, 0.25) is 0 Å². The molecule has 0 saturated heterocycles. The summed E-state index contributed by atoms with van der Waals surface area (Å²) >= 11 is 0. The largest absolute Gasteiger partial charge is 0.469 e. The molecule has 4 nitrogen and oxygen atoms in total. The number of pyridine rings is 1. The normalized spacial score (nSPS) is 12.7. The molecular weight excluding hydrogens is 238 g/mol.